The maximum Gasteiger partial charge on any atom is 0.0453 e. The van der Waals surface area contributed by atoms with Crippen molar-refractivity contribution in [3.63, 3.8) is 0 Å². The van der Waals surface area contributed by atoms with Gasteiger partial charge >= 0.3 is 0 Å². The molecule has 0 saturated carbocycles. The predicted molar refractivity (Wildman–Crippen MR) is 56.1 cm³/mol. The van der Waals surface area contributed by atoms with Gasteiger partial charge in [0, 0.05) is 12.6 Å². The van der Waals surface area contributed by atoms with Crippen LogP contribution < -0.4 is 5.32 Å². The van der Waals surface area contributed by atoms with Crippen molar-refractivity contribution in [1.29, 1.82) is 0 Å². The van der Waals surface area contributed by atoms with Crippen LogP contribution in [0.25, 0.3) is 0 Å². The third-order valence-electron chi connectivity index (χ3n) is 3.18. The number of benzene rings is 1. The first-order valence-corrected chi connectivity index (χ1v) is 4.92. The normalized spacial score (nSPS) is 20.5. The predicted octanol–water partition coefficient (Wildman–Crippen LogP) is 2.56. The van der Waals surface area contributed by atoms with Crippen molar-refractivity contribution in [3.05, 3.63) is 33.9 Å². The summed E-state index contributed by atoms with van der Waals surface area (Å²) in [5.41, 5.74) is 7.33. The summed E-state index contributed by atoms with van der Waals surface area (Å²) in [6.07, 6.45) is 0. The van der Waals surface area contributed by atoms with Crippen molar-refractivity contribution in [2.45, 2.75) is 33.7 Å². The second kappa shape index (κ2) is 2.85. The van der Waals surface area contributed by atoms with Crippen LogP contribution in [0.1, 0.15) is 33.9 Å². The molecule has 1 saturated heterocycles. The molecule has 70 valence electrons. The highest BCUT2D eigenvalue weighted by atomic mass is 15.1. The van der Waals surface area contributed by atoms with Crippen LogP contribution in [-0.4, -0.2) is 6.54 Å². The smallest absolute Gasteiger partial charge is 0.0453 e. The van der Waals surface area contributed by atoms with Gasteiger partial charge in [-0.05, 0) is 55.5 Å². The first-order valence-electron chi connectivity index (χ1n) is 4.92. The third kappa shape index (κ3) is 1.37. The lowest BCUT2D eigenvalue weighted by atomic mass is 9.92. The molecule has 1 aromatic rings. The van der Waals surface area contributed by atoms with E-state index in [1.807, 2.05) is 0 Å². The summed E-state index contributed by atoms with van der Waals surface area (Å²) in [7, 11) is 0. The Balaban J connectivity index is 2.62. The van der Waals surface area contributed by atoms with E-state index in [-0.39, 0.29) is 0 Å². The molecule has 1 aromatic carbocycles. The van der Waals surface area contributed by atoms with E-state index in [0.29, 0.717) is 6.04 Å². The monoisotopic (exact) mass is 175 g/mol. The second-order valence-electron chi connectivity index (χ2n) is 4.13. The molecule has 13 heavy (non-hydrogen) atoms. The Bertz CT molecular complexity index is 322. The molecule has 0 spiro atoms. The number of aryl methyl sites for hydroxylation is 2. The van der Waals surface area contributed by atoms with E-state index >= 15 is 0 Å². The molecular formula is C12H17N. The summed E-state index contributed by atoms with van der Waals surface area (Å²) in [4.78, 5) is 0. The number of hydrogen-bond acceptors (Lipinski definition) is 1. The van der Waals surface area contributed by atoms with Gasteiger partial charge in [-0.25, -0.2) is 0 Å². The zero-order valence-corrected chi connectivity index (χ0v) is 8.86. The number of rotatable bonds is 1. The molecule has 0 radical (unpaired) electrons. The molecule has 1 unspecified atom stereocenters. The van der Waals surface area contributed by atoms with Gasteiger partial charge in [-0.15, -0.1) is 0 Å². The topological polar surface area (TPSA) is 21.9 Å². The van der Waals surface area contributed by atoms with E-state index in [1.54, 1.807) is 0 Å². The minimum absolute atomic E-state index is 0.638. The van der Waals surface area contributed by atoms with Crippen LogP contribution in [-0.2, 0) is 0 Å². The van der Waals surface area contributed by atoms with Crippen LogP contribution in [0.4, 0.5) is 0 Å². The Labute approximate surface area is 80.2 Å². The van der Waals surface area contributed by atoms with Crippen LogP contribution >= 0.6 is 0 Å². The van der Waals surface area contributed by atoms with Gasteiger partial charge in [0.15, 0.2) is 0 Å². The molecule has 1 atom stereocenters. The molecule has 0 bridgehead atoms. The van der Waals surface area contributed by atoms with Gasteiger partial charge in [0.2, 0.25) is 0 Å². The Kier molecular flexibility index (Phi) is 1.92. The van der Waals surface area contributed by atoms with Gasteiger partial charge in [0.25, 0.3) is 0 Å². The van der Waals surface area contributed by atoms with Crippen LogP contribution in [0.3, 0.4) is 0 Å². The highest BCUT2D eigenvalue weighted by Gasteiger charge is 2.26. The van der Waals surface area contributed by atoms with Gasteiger partial charge in [0.1, 0.15) is 0 Å². The van der Waals surface area contributed by atoms with E-state index in [1.165, 1.54) is 27.8 Å². The summed E-state index contributed by atoms with van der Waals surface area (Å²) in [5.74, 6) is 0. The standard InChI is InChI=1S/C12H17N/c1-7-5-8(2)10(4)12(9(7)3)11-6-13-11/h5,11,13H,6H2,1-4H3. The van der Waals surface area contributed by atoms with E-state index in [2.05, 4.69) is 39.1 Å². The lowest BCUT2D eigenvalue weighted by Crippen LogP contribution is -1.99. The maximum absolute atomic E-state index is 3.39. The van der Waals surface area contributed by atoms with Crippen LogP contribution in [0.2, 0.25) is 0 Å². The van der Waals surface area contributed by atoms with E-state index in [9.17, 15) is 0 Å². The fourth-order valence-electron chi connectivity index (χ4n) is 2.03. The van der Waals surface area contributed by atoms with Gasteiger partial charge < -0.3 is 5.32 Å². The molecule has 1 fully saturated rings. The van der Waals surface area contributed by atoms with Gasteiger partial charge in [-0.2, -0.15) is 0 Å². The Morgan fingerprint density at radius 3 is 1.92 bits per heavy atom. The maximum atomic E-state index is 3.39. The lowest BCUT2D eigenvalue weighted by molar-refractivity contribution is 1.01. The molecule has 2 rings (SSSR count). The molecule has 1 aliphatic heterocycles. The van der Waals surface area contributed by atoms with Crippen molar-refractivity contribution in [2.75, 3.05) is 6.54 Å². The van der Waals surface area contributed by atoms with Crippen molar-refractivity contribution in [3.8, 4) is 0 Å². The molecular weight excluding hydrogens is 158 g/mol. The fraction of sp³-hybridized carbons (Fsp3) is 0.500. The summed E-state index contributed by atoms with van der Waals surface area (Å²) in [6.45, 7) is 10.0. The first kappa shape index (κ1) is 8.76. The SMILES string of the molecule is Cc1cc(C)c(C)c(C2CN2)c1C. The molecule has 1 N–H and O–H groups in total. The Morgan fingerprint density at radius 2 is 1.54 bits per heavy atom. The summed E-state index contributed by atoms with van der Waals surface area (Å²) >= 11 is 0. The minimum Gasteiger partial charge on any atom is -0.307 e. The second-order valence-corrected chi connectivity index (χ2v) is 4.13. The molecule has 0 aliphatic carbocycles. The molecule has 1 heterocycles. The molecule has 0 aromatic heterocycles. The van der Waals surface area contributed by atoms with Crippen LogP contribution in [0.5, 0.6) is 0 Å². The summed E-state index contributed by atoms with van der Waals surface area (Å²) in [5, 5.41) is 3.39. The Morgan fingerprint density at radius 1 is 1.08 bits per heavy atom. The zero-order chi connectivity index (χ0) is 9.59. The average Bonchev–Trinajstić information content (AvgIpc) is 2.85. The van der Waals surface area contributed by atoms with Crippen molar-refractivity contribution in [2.24, 2.45) is 0 Å². The van der Waals surface area contributed by atoms with E-state index in [4.69, 9.17) is 0 Å². The number of hydrogen-bond donors (Lipinski definition) is 1. The number of nitrogens with one attached hydrogen (secondary N) is 1. The average molecular weight is 175 g/mol. The van der Waals surface area contributed by atoms with E-state index < -0.39 is 0 Å². The zero-order valence-electron chi connectivity index (χ0n) is 8.86. The highest BCUT2D eigenvalue weighted by Crippen LogP contribution is 2.31. The van der Waals surface area contributed by atoms with Crippen molar-refractivity contribution in [1.82, 2.24) is 5.32 Å². The summed E-state index contributed by atoms with van der Waals surface area (Å²) < 4.78 is 0. The lowest BCUT2D eigenvalue weighted by Gasteiger charge is -2.13. The summed E-state index contributed by atoms with van der Waals surface area (Å²) in [6, 6.07) is 2.93. The first-order chi connectivity index (χ1) is 6.11. The van der Waals surface area contributed by atoms with E-state index in [0.717, 1.165) is 6.54 Å². The highest BCUT2D eigenvalue weighted by molar-refractivity contribution is 5.47. The van der Waals surface area contributed by atoms with Crippen molar-refractivity contribution >= 4 is 0 Å². The van der Waals surface area contributed by atoms with Crippen LogP contribution in [0.15, 0.2) is 6.07 Å². The van der Waals surface area contributed by atoms with Crippen molar-refractivity contribution < 1.29 is 0 Å². The van der Waals surface area contributed by atoms with Gasteiger partial charge in [0.05, 0.1) is 0 Å². The largest absolute Gasteiger partial charge is 0.307 e. The fourth-order valence-corrected chi connectivity index (χ4v) is 2.03. The molecule has 0 amide bonds. The Hall–Kier alpha value is -0.820. The van der Waals surface area contributed by atoms with Gasteiger partial charge in [-0.1, -0.05) is 6.07 Å². The van der Waals surface area contributed by atoms with Gasteiger partial charge in [-0.3, -0.25) is 0 Å². The molecule has 1 nitrogen and oxygen atoms in total. The minimum atomic E-state index is 0.638. The molecule has 1 heteroatoms. The van der Waals surface area contributed by atoms with Crippen LogP contribution in [0, 0.1) is 27.7 Å². The molecule has 1 aliphatic rings. The quantitative estimate of drug-likeness (QED) is 0.651. The third-order valence-corrected chi connectivity index (χ3v) is 3.18.